The smallest absolute Gasteiger partial charge is 0.243 e. The van der Waals surface area contributed by atoms with E-state index in [2.05, 4.69) is 25.2 Å². The predicted molar refractivity (Wildman–Crippen MR) is 116 cm³/mol. The molecule has 0 bridgehead atoms. The minimum atomic E-state index is 0.00934. The van der Waals surface area contributed by atoms with E-state index in [1.165, 1.54) is 0 Å². The Balaban J connectivity index is 1.40. The number of aliphatic hydroxyl groups is 1. The molecule has 1 aliphatic heterocycles. The molecule has 2 N–H and O–H groups in total. The third-order valence-corrected chi connectivity index (χ3v) is 9.42. The molecule has 3 saturated carbocycles. The van der Waals surface area contributed by atoms with E-state index < -0.39 is 0 Å². The fraction of sp³-hybridized carbons (Fsp3) is 0.615. The first-order valence-corrected chi connectivity index (χ1v) is 11.6. The van der Waals surface area contributed by atoms with Crippen LogP contribution < -0.4 is 5.32 Å². The lowest BCUT2D eigenvalue weighted by atomic mass is 9.47. The van der Waals surface area contributed by atoms with Crippen molar-refractivity contribution in [1.29, 1.82) is 0 Å². The molecule has 3 aliphatic carbocycles. The third kappa shape index (κ3) is 2.83. The molecule has 7 atom stereocenters. The first kappa shape index (κ1) is 20.0. The summed E-state index contributed by atoms with van der Waals surface area (Å²) in [5.74, 6) is 2.24. The Morgan fingerprint density at radius 2 is 1.83 bits per heavy atom. The van der Waals surface area contributed by atoms with Gasteiger partial charge in [-0.25, -0.2) is 0 Å². The van der Waals surface area contributed by atoms with Gasteiger partial charge in [0.15, 0.2) is 5.78 Å². The summed E-state index contributed by atoms with van der Waals surface area (Å²) in [5.41, 5.74) is 1.74. The molecule has 160 valence electrons. The molecule has 1 amide bonds. The van der Waals surface area contributed by atoms with Crippen molar-refractivity contribution in [2.75, 3.05) is 0 Å². The van der Waals surface area contributed by atoms with Crippen LogP contribution in [0.25, 0.3) is 0 Å². The monoisotopic (exact) mass is 407 g/mol. The van der Waals surface area contributed by atoms with Crippen LogP contribution in [0.2, 0.25) is 0 Å². The van der Waals surface area contributed by atoms with Crippen molar-refractivity contribution in [2.24, 2.45) is 34.5 Å². The highest BCUT2D eigenvalue weighted by atomic mass is 16.3. The largest absolute Gasteiger partial charge is 0.392 e. The molecule has 4 heteroatoms. The lowest BCUT2D eigenvalue weighted by molar-refractivity contribution is -0.122. The third-order valence-electron chi connectivity index (χ3n) is 9.42. The molecular weight excluding hydrogens is 374 g/mol. The van der Waals surface area contributed by atoms with Crippen molar-refractivity contribution in [3.8, 4) is 0 Å². The van der Waals surface area contributed by atoms with E-state index in [4.69, 9.17) is 0 Å². The fourth-order valence-electron chi connectivity index (χ4n) is 7.74. The van der Waals surface area contributed by atoms with Gasteiger partial charge in [0, 0.05) is 22.9 Å². The van der Waals surface area contributed by atoms with Crippen LogP contribution in [0.5, 0.6) is 0 Å². The molecule has 1 aromatic carbocycles. The highest BCUT2D eigenvalue weighted by Gasteiger charge is 2.60. The molecule has 0 aromatic heterocycles. The van der Waals surface area contributed by atoms with E-state index in [-0.39, 0.29) is 41.1 Å². The van der Waals surface area contributed by atoms with Gasteiger partial charge in [0.2, 0.25) is 5.91 Å². The maximum Gasteiger partial charge on any atom is 0.243 e. The second-order valence-corrected chi connectivity index (χ2v) is 10.6. The average molecular weight is 408 g/mol. The highest BCUT2D eigenvalue weighted by Crippen LogP contribution is 2.65. The van der Waals surface area contributed by atoms with Gasteiger partial charge in [0.1, 0.15) is 0 Å². The lowest BCUT2D eigenvalue weighted by Gasteiger charge is -2.58. The first-order valence-electron chi connectivity index (χ1n) is 11.6. The second-order valence-electron chi connectivity index (χ2n) is 10.6. The molecule has 4 aliphatic rings. The van der Waals surface area contributed by atoms with Gasteiger partial charge in [-0.3, -0.25) is 9.59 Å². The van der Waals surface area contributed by atoms with Crippen LogP contribution in [0.15, 0.2) is 36.4 Å². The Bertz CT molecular complexity index is 890. The summed E-state index contributed by atoms with van der Waals surface area (Å²) in [6.45, 7) is 4.72. The molecule has 0 radical (unpaired) electrons. The van der Waals surface area contributed by atoms with E-state index >= 15 is 0 Å². The summed E-state index contributed by atoms with van der Waals surface area (Å²) >= 11 is 0. The Morgan fingerprint density at radius 3 is 2.57 bits per heavy atom. The molecule has 5 rings (SSSR count). The summed E-state index contributed by atoms with van der Waals surface area (Å²) in [6.07, 6.45) is 10.5. The van der Waals surface area contributed by atoms with Crippen molar-refractivity contribution < 1.29 is 14.7 Å². The van der Waals surface area contributed by atoms with Gasteiger partial charge < -0.3 is 10.4 Å². The number of aliphatic hydroxyl groups excluding tert-OH is 1. The number of ketones is 1. The summed E-state index contributed by atoms with van der Waals surface area (Å²) in [6, 6.07) is 7.76. The van der Waals surface area contributed by atoms with E-state index in [1.54, 1.807) is 6.08 Å². The number of nitrogens with one attached hydrogen (secondary N) is 1. The summed E-state index contributed by atoms with van der Waals surface area (Å²) < 4.78 is 0. The van der Waals surface area contributed by atoms with E-state index in [0.717, 1.165) is 49.7 Å². The maximum atomic E-state index is 13.5. The van der Waals surface area contributed by atoms with Crippen LogP contribution in [-0.4, -0.2) is 22.8 Å². The summed E-state index contributed by atoms with van der Waals surface area (Å²) in [5, 5.41) is 12.5. The van der Waals surface area contributed by atoms with Crippen molar-refractivity contribution in [3.63, 3.8) is 0 Å². The molecule has 30 heavy (non-hydrogen) atoms. The quantitative estimate of drug-likeness (QED) is 0.735. The van der Waals surface area contributed by atoms with Gasteiger partial charge in [-0.1, -0.05) is 44.2 Å². The zero-order chi connectivity index (χ0) is 21.1. The van der Waals surface area contributed by atoms with Crippen LogP contribution in [0.1, 0.15) is 68.3 Å². The molecular formula is C26H33NO3. The minimum absolute atomic E-state index is 0.00934. The Hall–Kier alpha value is -1.94. The number of hydrogen-bond donors (Lipinski definition) is 2. The number of amides is 1. The Kier molecular flexibility index (Phi) is 4.70. The van der Waals surface area contributed by atoms with Gasteiger partial charge in [0.25, 0.3) is 0 Å². The second kappa shape index (κ2) is 7.05. The van der Waals surface area contributed by atoms with Crippen molar-refractivity contribution in [2.45, 2.75) is 65.0 Å². The fourth-order valence-corrected chi connectivity index (χ4v) is 7.74. The number of fused-ring (bicyclic) bond motifs is 5. The molecule has 1 aromatic rings. The lowest BCUT2D eigenvalue weighted by Crippen LogP contribution is -2.59. The highest BCUT2D eigenvalue weighted by molar-refractivity contribution is 5.98. The zero-order valence-corrected chi connectivity index (χ0v) is 18.1. The van der Waals surface area contributed by atoms with Crippen molar-refractivity contribution in [1.82, 2.24) is 5.32 Å². The Labute approximate surface area is 179 Å². The standard InChI is InChI=1S/C26H33NO3/c1-25-13-11-20-18(7-10-22-26(20,2)14-12-23(29)27-22)19(25)8-9-21(25)24(30)17-5-3-16(15-28)4-6-17/h3-6,12,14,18-22,28H,7-11,13,15H2,1-2H3,(H,27,29)/t18-,19-,20-,21+,22+,25-,26+/m0/s1. The normalized spacial score (nSPS) is 42.1. The number of carbonyl (C=O) groups excluding carboxylic acids is 2. The number of hydrogen-bond acceptors (Lipinski definition) is 3. The SMILES string of the molecule is C[C@]12C=CC(=O)N[C@@H]1CC[C@@H]1[C@@H]2CC[C@]2(C)[C@@H](C(=O)c3ccc(CO)cc3)CC[C@@H]12. The van der Waals surface area contributed by atoms with Crippen LogP contribution in [-0.2, 0) is 11.4 Å². The van der Waals surface area contributed by atoms with Gasteiger partial charge >= 0.3 is 0 Å². The van der Waals surface area contributed by atoms with Crippen molar-refractivity contribution in [3.05, 3.63) is 47.5 Å². The van der Waals surface area contributed by atoms with Gasteiger partial charge in [-0.05, 0) is 73.3 Å². The first-order chi connectivity index (χ1) is 14.4. The maximum absolute atomic E-state index is 13.5. The topological polar surface area (TPSA) is 66.4 Å². The summed E-state index contributed by atoms with van der Waals surface area (Å²) in [4.78, 5) is 25.4. The molecule has 0 unspecified atom stereocenters. The molecule has 3 fully saturated rings. The van der Waals surface area contributed by atoms with Crippen LogP contribution in [0.3, 0.4) is 0 Å². The number of Topliss-reactive ketones (excluding diaryl/α,β-unsaturated/α-hetero) is 1. The molecule has 0 saturated heterocycles. The number of rotatable bonds is 3. The summed E-state index contributed by atoms with van der Waals surface area (Å²) in [7, 11) is 0. The van der Waals surface area contributed by atoms with E-state index in [0.29, 0.717) is 17.8 Å². The van der Waals surface area contributed by atoms with Crippen LogP contribution in [0, 0.1) is 34.5 Å². The Morgan fingerprint density at radius 1 is 1.07 bits per heavy atom. The zero-order valence-electron chi connectivity index (χ0n) is 18.1. The van der Waals surface area contributed by atoms with Gasteiger partial charge in [-0.15, -0.1) is 0 Å². The predicted octanol–water partition coefficient (Wildman–Crippen LogP) is 4.28. The van der Waals surface area contributed by atoms with Crippen LogP contribution >= 0.6 is 0 Å². The van der Waals surface area contributed by atoms with Gasteiger partial charge in [-0.2, -0.15) is 0 Å². The van der Waals surface area contributed by atoms with Gasteiger partial charge in [0.05, 0.1) is 6.61 Å². The minimum Gasteiger partial charge on any atom is -0.392 e. The molecule has 1 heterocycles. The number of carbonyl (C=O) groups is 2. The van der Waals surface area contributed by atoms with Crippen molar-refractivity contribution >= 4 is 11.7 Å². The number of benzene rings is 1. The molecule has 4 nitrogen and oxygen atoms in total. The average Bonchev–Trinajstić information content (AvgIpc) is 3.11. The molecule has 0 spiro atoms. The van der Waals surface area contributed by atoms with E-state index in [1.807, 2.05) is 24.3 Å². The van der Waals surface area contributed by atoms with Crippen LogP contribution in [0.4, 0.5) is 0 Å². The van der Waals surface area contributed by atoms with E-state index in [9.17, 15) is 14.7 Å².